The summed E-state index contributed by atoms with van der Waals surface area (Å²) in [5.41, 5.74) is 2.05. The Bertz CT molecular complexity index is 469. The normalized spacial score (nSPS) is 16.8. The smallest absolute Gasteiger partial charge is 0.223 e. The van der Waals surface area contributed by atoms with Gasteiger partial charge in [0.1, 0.15) is 0 Å². The molecule has 1 aromatic carbocycles. The summed E-state index contributed by atoms with van der Waals surface area (Å²) in [6.45, 7) is 10.1. The Morgan fingerprint density at radius 2 is 2.05 bits per heavy atom. The largest absolute Gasteiger partial charge is 0.347 e. The van der Waals surface area contributed by atoms with Crippen molar-refractivity contribution in [1.29, 1.82) is 0 Å². The van der Waals surface area contributed by atoms with Crippen molar-refractivity contribution in [3.05, 3.63) is 35.4 Å². The lowest BCUT2D eigenvalue weighted by Crippen LogP contribution is -2.52. The van der Waals surface area contributed by atoms with E-state index < -0.39 is 0 Å². The molecule has 0 spiro atoms. The average molecular weight is 297 g/mol. The maximum atomic E-state index is 12.3. The number of halogens is 1. The van der Waals surface area contributed by atoms with Crippen molar-refractivity contribution < 1.29 is 4.79 Å². The molecule has 20 heavy (non-hydrogen) atoms. The molecule has 0 saturated carbocycles. The van der Waals surface area contributed by atoms with E-state index in [1.807, 2.05) is 13.0 Å². The Morgan fingerprint density at radius 1 is 1.40 bits per heavy atom. The lowest BCUT2D eigenvalue weighted by molar-refractivity contribution is -0.128. The van der Waals surface area contributed by atoms with Gasteiger partial charge in [0.05, 0.1) is 5.54 Å². The molecule has 1 atom stereocenters. The Labute approximate surface area is 127 Å². The quantitative estimate of drug-likeness (QED) is 0.897. The molecule has 1 unspecified atom stereocenters. The molecule has 1 aliphatic heterocycles. The van der Waals surface area contributed by atoms with E-state index in [0.29, 0.717) is 5.92 Å². The molecule has 4 heteroatoms. The Hall–Kier alpha value is -1.06. The minimum absolute atomic E-state index is 0. The van der Waals surface area contributed by atoms with Crippen LogP contribution in [0.5, 0.6) is 0 Å². The van der Waals surface area contributed by atoms with E-state index in [-0.39, 0.29) is 29.8 Å². The third kappa shape index (κ3) is 3.74. The van der Waals surface area contributed by atoms with Crippen LogP contribution in [0.4, 0.5) is 0 Å². The fourth-order valence-corrected chi connectivity index (χ4v) is 2.41. The van der Waals surface area contributed by atoms with Crippen molar-refractivity contribution in [3.63, 3.8) is 0 Å². The average Bonchev–Trinajstić information content (AvgIpc) is 2.26. The Morgan fingerprint density at radius 3 is 2.55 bits per heavy atom. The van der Waals surface area contributed by atoms with Gasteiger partial charge in [0.2, 0.25) is 5.91 Å². The number of nitrogens with one attached hydrogen (secondary N) is 2. The maximum Gasteiger partial charge on any atom is 0.223 e. The van der Waals surface area contributed by atoms with Crippen LogP contribution >= 0.6 is 12.4 Å². The number of carbonyl (C=O) groups is 1. The van der Waals surface area contributed by atoms with Crippen LogP contribution in [0.15, 0.2) is 24.3 Å². The van der Waals surface area contributed by atoms with Crippen molar-refractivity contribution in [3.8, 4) is 0 Å². The van der Waals surface area contributed by atoms with Gasteiger partial charge in [-0.2, -0.15) is 0 Å². The van der Waals surface area contributed by atoms with Crippen LogP contribution in [0.1, 0.15) is 31.9 Å². The fourth-order valence-electron chi connectivity index (χ4n) is 2.41. The first-order valence-electron chi connectivity index (χ1n) is 7.00. The van der Waals surface area contributed by atoms with E-state index in [9.17, 15) is 4.79 Å². The van der Waals surface area contributed by atoms with Crippen molar-refractivity contribution in [2.24, 2.45) is 11.8 Å². The van der Waals surface area contributed by atoms with Crippen LogP contribution in [0.3, 0.4) is 0 Å². The highest BCUT2D eigenvalue weighted by molar-refractivity contribution is 5.85. The number of rotatable bonds is 4. The molecule has 3 nitrogen and oxygen atoms in total. The molecule has 2 rings (SSSR count). The first kappa shape index (κ1) is 17.0. The monoisotopic (exact) mass is 296 g/mol. The zero-order chi connectivity index (χ0) is 14.0. The first-order chi connectivity index (χ1) is 8.90. The number of aryl methyl sites for hydroxylation is 1. The third-order valence-electron chi connectivity index (χ3n) is 4.11. The predicted molar refractivity (Wildman–Crippen MR) is 85.1 cm³/mol. The summed E-state index contributed by atoms with van der Waals surface area (Å²) in [4.78, 5) is 12.3. The Balaban J connectivity index is 0.00000200. The summed E-state index contributed by atoms with van der Waals surface area (Å²) >= 11 is 0. The molecule has 1 amide bonds. The lowest BCUT2D eigenvalue weighted by atomic mass is 9.86. The highest BCUT2D eigenvalue weighted by atomic mass is 35.5. The third-order valence-corrected chi connectivity index (χ3v) is 4.11. The summed E-state index contributed by atoms with van der Waals surface area (Å²) in [6, 6.07) is 8.32. The molecule has 112 valence electrons. The van der Waals surface area contributed by atoms with Crippen LogP contribution in [-0.2, 0) is 10.3 Å². The van der Waals surface area contributed by atoms with Gasteiger partial charge >= 0.3 is 0 Å². The molecular formula is C16H25ClN2O. The number of hydrogen-bond acceptors (Lipinski definition) is 2. The van der Waals surface area contributed by atoms with Crippen molar-refractivity contribution in [2.45, 2.75) is 33.2 Å². The number of benzene rings is 1. The second-order valence-electron chi connectivity index (χ2n) is 6.19. The summed E-state index contributed by atoms with van der Waals surface area (Å²) < 4.78 is 0. The molecule has 0 aliphatic carbocycles. The standard InChI is InChI=1S/C16H24N2O.ClH/c1-11-6-5-7-14(8-11)16(3,4)18-15(19)12(2)13-9-17-10-13;/h5-8,12-13,17H,9-10H2,1-4H3,(H,18,19);1H. The van der Waals surface area contributed by atoms with Gasteiger partial charge in [-0.25, -0.2) is 0 Å². The minimum atomic E-state index is -0.325. The van der Waals surface area contributed by atoms with Gasteiger partial charge < -0.3 is 10.6 Å². The van der Waals surface area contributed by atoms with Crippen LogP contribution in [0.2, 0.25) is 0 Å². The van der Waals surface area contributed by atoms with Gasteiger partial charge in [-0.05, 0) is 45.3 Å². The molecule has 2 N–H and O–H groups in total. The zero-order valence-electron chi connectivity index (χ0n) is 12.7. The van der Waals surface area contributed by atoms with Gasteiger partial charge in [-0.3, -0.25) is 4.79 Å². The SMILES string of the molecule is Cc1cccc(C(C)(C)NC(=O)C(C)C2CNC2)c1.Cl. The molecular weight excluding hydrogens is 272 g/mol. The number of carbonyl (C=O) groups excluding carboxylic acids is 1. The molecule has 1 fully saturated rings. The highest BCUT2D eigenvalue weighted by Crippen LogP contribution is 2.23. The van der Waals surface area contributed by atoms with Gasteiger partial charge in [-0.1, -0.05) is 36.8 Å². The molecule has 1 aliphatic rings. The number of hydrogen-bond donors (Lipinski definition) is 2. The van der Waals surface area contributed by atoms with Crippen LogP contribution in [-0.4, -0.2) is 19.0 Å². The van der Waals surface area contributed by atoms with Gasteiger partial charge in [0.25, 0.3) is 0 Å². The van der Waals surface area contributed by atoms with Crippen molar-refractivity contribution in [2.75, 3.05) is 13.1 Å². The first-order valence-corrected chi connectivity index (χ1v) is 7.00. The summed E-state index contributed by atoms with van der Waals surface area (Å²) in [6.07, 6.45) is 0. The molecule has 0 bridgehead atoms. The lowest BCUT2D eigenvalue weighted by Gasteiger charge is -2.35. The highest BCUT2D eigenvalue weighted by Gasteiger charge is 2.32. The van der Waals surface area contributed by atoms with Crippen molar-refractivity contribution >= 4 is 18.3 Å². The van der Waals surface area contributed by atoms with E-state index in [1.165, 1.54) is 5.56 Å². The summed E-state index contributed by atoms with van der Waals surface area (Å²) in [5, 5.41) is 6.40. The minimum Gasteiger partial charge on any atom is -0.347 e. The molecule has 0 aromatic heterocycles. The second-order valence-corrected chi connectivity index (χ2v) is 6.19. The maximum absolute atomic E-state index is 12.3. The van der Waals surface area contributed by atoms with Crippen LogP contribution in [0, 0.1) is 18.8 Å². The van der Waals surface area contributed by atoms with Gasteiger partial charge in [0.15, 0.2) is 0 Å². The van der Waals surface area contributed by atoms with Gasteiger partial charge in [-0.15, -0.1) is 12.4 Å². The Kier molecular flexibility index (Phi) is 5.60. The summed E-state index contributed by atoms with van der Waals surface area (Å²) in [5.74, 6) is 0.705. The number of amides is 1. The van der Waals surface area contributed by atoms with Crippen LogP contribution in [0.25, 0.3) is 0 Å². The van der Waals surface area contributed by atoms with E-state index in [1.54, 1.807) is 0 Å². The molecule has 0 radical (unpaired) electrons. The van der Waals surface area contributed by atoms with E-state index in [4.69, 9.17) is 0 Å². The predicted octanol–water partition coefficient (Wildman–Crippen LogP) is 2.62. The fraction of sp³-hybridized carbons (Fsp3) is 0.562. The molecule has 1 saturated heterocycles. The molecule has 1 aromatic rings. The second kappa shape index (κ2) is 6.59. The van der Waals surface area contributed by atoms with E-state index in [0.717, 1.165) is 18.7 Å². The van der Waals surface area contributed by atoms with E-state index >= 15 is 0 Å². The zero-order valence-corrected chi connectivity index (χ0v) is 13.5. The summed E-state index contributed by atoms with van der Waals surface area (Å²) in [7, 11) is 0. The van der Waals surface area contributed by atoms with E-state index in [2.05, 4.69) is 49.6 Å². The topological polar surface area (TPSA) is 41.1 Å². The molecule has 1 heterocycles. The van der Waals surface area contributed by atoms with Crippen molar-refractivity contribution in [1.82, 2.24) is 10.6 Å². The van der Waals surface area contributed by atoms with Crippen LogP contribution < -0.4 is 10.6 Å². The van der Waals surface area contributed by atoms with Gasteiger partial charge in [0, 0.05) is 5.92 Å².